The third-order valence-electron chi connectivity index (χ3n) is 1.63. The minimum atomic E-state index is 0.594. The van der Waals surface area contributed by atoms with Crippen molar-refractivity contribution < 1.29 is 0 Å². The normalized spacial score (nSPS) is 23.9. The van der Waals surface area contributed by atoms with Crippen molar-refractivity contribution in [1.29, 1.82) is 0 Å². The summed E-state index contributed by atoms with van der Waals surface area (Å²) in [4.78, 5) is 4.30. The summed E-state index contributed by atoms with van der Waals surface area (Å²) < 4.78 is 0. The van der Waals surface area contributed by atoms with Crippen LogP contribution in [-0.2, 0) is 0 Å². The molecular weight excluding hydrogens is 144 g/mol. The molecule has 1 rings (SSSR count). The summed E-state index contributed by atoms with van der Waals surface area (Å²) in [6, 6.07) is 0.594. The van der Waals surface area contributed by atoms with Gasteiger partial charge >= 0.3 is 0 Å². The van der Waals surface area contributed by atoms with Crippen molar-refractivity contribution in [3.63, 3.8) is 0 Å². The van der Waals surface area contributed by atoms with Crippen LogP contribution in [0, 0.1) is 0 Å². The van der Waals surface area contributed by atoms with E-state index in [1.165, 1.54) is 18.6 Å². The molecule has 1 aliphatic heterocycles. The van der Waals surface area contributed by atoms with Gasteiger partial charge in [-0.15, -0.1) is 11.8 Å². The number of thioether (sulfide) groups is 1. The summed E-state index contributed by atoms with van der Waals surface area (Å²) in [7, 11) is 0. The van der Waals surface area contributed by atoms with E-state index >= 15 is 0 Å². The number of nitrogens with zero attached hydrogens (tertiary/aromatic N) is 1. The predicted molar refractivity (Wildman–Crippen MR) is 47.6 cm³/mol. The standard InChI is InChI=1S/C7H14N2S/c8-4-2-1-3-7-5-10-6-9-7/h6-7H,1-5,8H2/t7-/m0/s1. The molecule has 1 aliphatic rings. The molecule has 2 N–H and O–H groups in total. The smallest absolute Gasteiger partial charge is 0.0600 e. The van der Waals surface area contributed by atoms with Crippen LogP contribution in [-0.4, -0.2) is 23.9 Å². The van der Waals surface area contributed by atoms with E-state index in [1.807, 2.05) is 17.3 Å². The van der Waals surface area contributed by atoms with Gasteiger partial charge in [0.05, 0.1) is 11.6 Å². The number of rotatable bonds is 4. The van der Waals surface area contributed by atoms with Crippen LogP contribution in [0.5, 0.6) is 0 Å². The topological polar surface area (TPSA) is 38.4 Å². The van der Waals surface area contributed by atoms with E-state index in [0.717, 1.165) is 13.0 Å². The molecular formula is C7H14N2S. The zero-order chi connectivity index (χ0) is 7.23. The van der Waals surface area contributed by atoms with E-state index in [4.69, 9.17) is 5.73 Å². The van der Waals surface area contributed by atoms with E-state index in [-0.39, 0.29) is 0 Å². The largest absolute Gasteiger partial charge is 0.330 e. The second kappa shape index (κ2) is 4.74. The van der Waals surface area contributed by atoms with Crippen LogP contribution in [0.4, 0.5) is 0 Å². The van der Waals surface area contributed by atoms with Gasteiger partial charge in [0.1, 0.15) is 0 Å². The van der Waals surface area contributed by atoms with Crippen LogP contribution >= 0.6 is 11.8 Å². The highest BCUT2D eigenvalue weighted by molar-refractivity contribution is 8.12. The highest BCUT2D eigenvalue weighted by Crippen LogP contribution is 2.15. The van der Waals surface area contributed by atoms with Crippen molar-refractivity contribution in [1.82, 2.24) is 0 Å². The Kier molecular flexibility index (Phi) is 3.83. The fourth-order valence-corrected chi connectivity index (χ4v) is 1.83. The molecule has 0 aromatic rings. The van der Waals surface area contributed by atoms with Gasteiger partial charge in [0.15, 0.2) is 0 Å². The minimum Gasteiger partial charge on any atom is -0.330 e. The summed E-state index contributed by atoms with van der Waals surface area (Å²) in [6.45, 7) is 0.823. The van der Waals surface area contributed by atoms with Crippen LogP contribution < -0.4 is 5.73 Å². The molecule has 0 saturated carbocycles. The van der Waals surface area contributed by atoms with Gasteiger partial charge in [-0.3, -0.25) is 4.99 Å². The molecule has 0 saturated heterocycles. The molecule has 0 unspecified atom stereocenters. The lowest BCUT2D eigenvalue weighted by molar-refractivity contribution is 0.615. The van der Waals surface area contributed by atoms with Crippen molar-refractivity contribution >= 4 is 17.3 Å². The monoisotopic (exact) mass is 158 g/mol. The lowest BCUT2D eigenvalue weighted by Crippen LogP contribution is -2.05. The van der Waals surface area contributed by atoms with Gasteiger partial charge in [-0.2, -0.15) is 0 Å². The second-order valence-corrected chi connectivity index (χ2v) is 3.40. The van der Waals surface area contributed by atoms with Crippen LogP contribution in [0.2, 0.25) is 0 Å². The lowest BCUT2D eigenvalue weighted by Gasteiger charge is -2.03. The molecule has 3 heteroatoms. The average molecular weight is 158 g/mol. The number of aliphatic imine (C=N–C) groups is 1. The molecule has 1 heterocycles. The molecule has 10 heavy (non-hydrogen) atoms. The number of hydrogen-bond donors (Lipinski definition) is 1. The van der Waals surface area contributed by atoms with Crippen molar-refractivity contribution in [2.45, 2.75) is 25.3 Å². The molecule has 0 fully saturated rings. The first-order chi connectivity index (χ1) is 4.93. The summed E-state index contributed by atoms with van der Waals surface area (Å²) in [5.74, 6) is 1.19. The van der Waals surface area contributed by atoms with Gasteiger partial charge in [-0.25, -0.2) is 0 Å². The van der Waals surface area contributed by atoms with Gasteiger partial charge in [-0.05, 0) is 19.4 Å². The Morgan fingerprint density at radius 3 is 3.10 bits per heavy atom. The quantitative estimate of drug-likeness (QED) is 0.625. The predicted octanol–water partition coefficient (Wildman–Crippen LogP) is 1.26. The zero-order valence-corrected chi connectivity index (χ0v) is 6.94. The number of nitrogens with two attached hydrogens (primary N) is 1. The zero-order valence-electron chi connectivity index (χ0n) is 6.12. The maximum atomic E-state index is 5.37. The van der Waals surface area contributed by atoms with Gasteiger partial charge in [-0.1, -0.05) is 6.42 Å². The Hall–Kier alpha value is -0.0200. The Bertz CT molecular complexity index is 114. The van der Waals surface area contributed by atoms with E-state index in [0.29, 0.717) is 6.04 Å². The third-order valence-corrected chi connectivity index (χ3v) is 2.47. The van der Waals surface area contributed by atoms with Crippen molar-refractivity contribution in [3.8, 4) is 0 Å². The van der Waals surface area contributed by atoms with Crippen molar-refractivity contribution in [2.24, 2.45) is 10.7 Å². The van der Waals surface area contributed by atoms with Gasteiger partial charge in [0, 0.05) is 5.75 Å². The summed E-state index contributed by atoms with van der Waals surface area (Å²) >= 11 is 1.82. The molecule has 0 aromatic heterocycles. The van der Waals surface area contributed by atoms with E-state index in [9.17, 15) is 0 Å². The fraction of sp³-hybridized carbons (Fsp3) is 0.857. The Morgan fingerprint density at radius 1 is 1.60 bits per heavy atom. The number of unbranched alkanes of at least 4 members (excludes halogenated alkanes) is 1. The molecule has 0 bridgehead atoms. The van der Waals surface area contributed by atoms with E-state index < -0.39 is 0 Å². The maximum Gasteiger partial charge on any atom is 0.0600 e. The SMILES string of the molecule is NCCCC[C@H]1CSC=N1. The first kappa shape index (κ1) is 8.08. The molecule has 0 aromatic carbocycles. The van der Waals surface area contributed by atoms with Gasteiger partial charge < -0.3 is 5.73 Å². The lowest BCUT2D eigenvalue weighted by atomic mass is 10.1. The molecule has 0 aliphatic carbocycles. The van der Waals surface area contributed by atoms with Crippen LogP contribution in [0.1, 0.15) is 19.3 Å². The Morgan fingerprint density at radius 2 is 2.50 bits per heavy atom. The van der Waals surface area contributed by atoms with E-state index in [1.54, 1.807) is 0 Å². The summed E-state index contributed by atoms with van der Waals surface area (Å²) in [5, 5.41) is 0. The van der Waals surface area contributed by atoms with Gasteiger partial charge in [0.25, 0.3) is 0 Å². The maximum absolute atomic E-state index is 5.37. The Balaban J connectivity index is 1.97. The highest BCUT2D eigenvalue weighted by atomic mass is 32.2. The third kappa shape index (κ3) is 2.71. The first-order valence-electron chi connectivity index (χ1n) is 3.77. The second-order valence-electron chi connectivity index (χ2n) is 2.53. The van der Waals surface area contributed by atoms with Crippen molar-refractivity contribution in [2.75, 3.05) is 12.3 Å². The molecule has 1 atom stereocenters. The first-order valence-corrected chi connectivity index (χ1v) is 4.81. The molecule has 0 spiro atoms. The van der Waals surface area contributed by atoms with E-state index in [2.05, 4.69) is 4.99 Å². The molecule has 0 radical (unpaired) electrons. The minimum absolute atomic E-state index is 0.594. The van der Waals surface area contributed by atoms with Crippen LogP contribution in [0.25, 0.3) is 0 Å². The fourth-order valence-electron chi connectivity index (χ4n) is 1.01. The molecule has 58 valence electrons. The Labute approximate surface area is 66.3 Å². The van der Waals surface area contributed by atoms with Crippen molar-refractivity contribution in [3.05, 3.63) is 0 Å². The average Bonchev–Trinajstić information content (AvgIpc) is 2.41. The highest BCUT2D eigenvalue weighted by Gasteiger charge is 2.09. The molecule has 2 nitrogen and oxygen atoms in total. The summed E-state index contributed by atoms with van der Waals surface area (Å²) in [5.41, 5.74) is 7.34. The van der Waals surface area contributed by atoms with Crippen LogP contribution in [0.15, 0.2) is 4.99 Å². The molecule has 0 amide bonds. The summed E-state index contributed by atoms with van der Waals surface area (Å²) in [6.07, 6.45) is 3.61. The van der Waals surface area contributed by atoms with Gasteiger partial charge in [0.2, 0.25) is 0 Å². The number of hydrogen-bond acceptors (Lipinski definition) is 3. The van der Waals surface area contributed by atoms with Crippen LogP contribution in [0.3, 0.4) is 0 Å².